The third-order valence-electron chi connectivity index (χ3n) is 5.19. The maximum Gasteiger partial charge on any atom is 0.163 e. The summed E-state index contributed by atoms with van der Waals surface area (Å²) in [6.45, 7) is 3.27. The number of benzene rings is 1. The van der Waals surface area contributed by atoms with Crippen LogP contribution in [-0.4, -0.2) is 36.3 Å². The van der Waals surface area contributed by atoms with Crippen LogP contribution >= 0.6 is 22.9 Å². The van der Waals surface area contributed by atoms with Crippen molar-refractivity contribution < 1.29 is 4.74 Å². The number of aromatic nitrogens is 2. The molecule has 1 fully saturated rings. The summed E-state index contributed by atoms with van der Waals surface area (Å²) in [6, 6.07) is 7.82. The van der Waals surface area contributed by atoms with Crippen LogP contribution in [0.15, 0.2) is 24.3 Å². The van der Waals surface area contributed by atoms with E-state index in [0.29, 0.717) is 5.02 Å². The first kappa shape index (κ1) is 16.5. The summed E-state index contributed by atoms with van der Waals surface area (Å²) < 4.78 is 5.56. The van der Waals surface area contributed by atoms with Crippen molar-refractivity contribution in [2.75, 3.05) is 31.2 Å². The number of nitrogens with zero attached hydrogens (tertiary/aromatic N) is 3. The van der Waals surface area contributed by atoms with E-state index in [1.165, 1.54) is 35.1 Å². The van der Waals surface area contributed by atoms with Gasteiger partial charge in [0.1, 0.15) is 10.6 Å². The molecule has 0 N–H and O–H groups in total. The summed E-state index contributed by atoms with van der Waals surface area (Å²) in [4.78, 5) is 14.9. The van der Waals surface area contributed by atoms with E-state index in [1.807, 2.05) is 35.6 Å². The molecular formula is C20H20ClN3OS. The van der Waals surface area contributed by atoms with Gasteiger partial charge >= 0.3 is 0 Å². The number of anilines is 1. The van der Waals surface area contributed by atoms with E-state index in [0.717, 1.165) is 54.8 Å². The molecule has 2 aliphatic rings. The zero-order valence-electron chi connectivity index (χ0n) is 14.5. The zero-order valence-corrected chi connectivity index (χ0v) is 16.1. The van der Waals surface area contributed by atoms with Crippen molar-refractivity contribution in [3.63, 3.8) is 0 Å². The number of morpholine rings is 1. The average Bonchev–Trinajstić information content (AvgIpc) is 3.06. The van der Waals surface area contributed by atoms with Crippen LogP contribution in [0, 0.1) is 0 Å². The topological polar surface area (TPSA) is 38.2 Å². The van der Waals surface area contributed by atoms with E-state index in [4.69, 9.17) is 26.3 Å². The maximum atomic E-state index is 6.20. The first-order valence-corrected chi connectivity index (χ1v) is 10.4. The first-order chi connectivity index (χ1) is 12.8. The van der Waals surface area contributed by atoms with Crippen LogP contribution < -0.4 is 4.90 Å². The Morgan fingerprint density at radius 3 is 2.77 bits per heavy atom. The van der Waals surface area contributed by atoms with Gasteiger partial charge in [0.25, 0.3) is 0 Å². The Bertz CT molecular complexity index is 965. The molecule has 0 radical (unpaired) electrons. The van der Waals surface area contributed by atoms with Crippen molar-refractivity contribution >= 4 is 39.0 Å². The highest BCUT2D eigenvalue weighted by atomic mass is 35.5. The summed E-state index contributed by atoms with van der Waals surface area (Å²) in [5, 5.41) is 1.99. The number of thiophene rings is 1. The van der Waals surface area contributed by atoms with Crippen molar-refractivity contribution in [1.82, 2.24) is 9.97 Å². The van der Waals surface area contributed by atoms with Crippen LogP contribution in [0.5, 0.6) is 0 Å². The summed E-state index contributed by atoms with van der Waals surface area (Å²) in [7, 11) is 0. The number of fused-ring (bicyclic) bond motifs is 3. The molecule has 0 spiro atoms. The minimum Gasteiger partial charge on any atom is -0.378 e. The molecule has 134 valence electrons. The molecule has 6 heteroatoms. The molecule has 3 aromatic rings. The highest BCUT2D eigenvalue weighted by Crippen LogP contribution is 2.41. The molecule has 26 heavy (non-hydrogen) atoms. The van der Waals surface area contributed by atoms with Gasteiger partial charge in [-0.3, -0.25) is 0 Å². The Balaban J connectivity index is 1.73. The first-order valence-electron chi connectivity index (χ1n) is 9.20. The third-order valence-corrected chi connectivity index (χ3v) is 6.61. The highest BCUT2D eigenvalue weighted by Gasteiger charge is 2.25. The maximum absolute atomic E-state index is 6.20. The van der Waals surface area contributed by atoms with E-state index in [-0.39, 0.29) is 0 Å². The normalized spacial score (nSPS) is 17.5. The minimum absolute atomic E-state index is 0.713. The van der Waals surface area contributed by atoms with E-state index in [9.17, 15) is 0 Å². The van der Waals surface area contributed by atoms with Gasteiger partial charge in [-0.25, -0.2) is 9.97 Å². The SMILES string of the molecule is Clc1cccc(-c2nc(N3CCOCC3)c3c4c(sc3n2)CCCC4)c1. The molecule has 3 heterocycles. The number of aryl methyl sites for hydroxylation is 2. The number of ether oxygens (including phenoxy) is 1. The molecule has 0 atom stereocenters. The van der Waals surface area contributed by atoms with Gasteiger partial charge in [0, 0.05) is 28.6 Å². The standard InChI is InChI=1S/C20H20ClN3OS/c21-14-5-3-4-13(12-14)18-22-19(24-8-10-25-11-9-24)17-15-6-1-2-7-16(15)26-20(17)23-18/h3-5,12H,1-2,6-11H2. The fourth-order valence-corrected chi connectivity index (χ4v) is 5.34. The molecule has 4 nitrogen and oxygen atoms in total. The monoisotopic (exact) mass is 385 g/mol. The predicted molar refractivity (Wildman–Crippen MR) is 108 cm³/mol. The average molecular weight is 386 g/mol. The predicted octanol–water partition coefficient (Wildman–Crippen LogP) is 4.73. The highest BCUT2D eigenvalue weighted by molar-refractivity contribution is 7.19. The van der Waals surface area contributed by atoms with Crippen molar-refractivity contribution in [3.8, 4) is 11.4 Å². The Morgan fingerprint density at radius 1 is 1.08 bits per heavy atom. The molecule has 0 bridgehead atoms. The van der Waals surface area contributed by atoms with Crippen LogP contribution in [0.25, 0.3) is 21.6 Å². The fourth-order valence-electron chi connectivity index (χ4n) is 3.90. The van der Waals surface area contributed by atoms with Crippen molar-refractivity contribution in [1.29, 1.82) is 0 Å². The molecule has 1 aliphatic heterocycles. The van der Waals surface area contributed by atoms with Crippen molar-refractivity contribution in [2.24, 2.45) is 0 Å². The van der Waals surface area contributed by atoms with Gasteiger partial charge < -0.3 is 9.64 Å². The zero-order chi connectivity index (χ0) is 17.5. The van der Waals surface area contributed by atoms with E-state index >= 15 is 0 Å². The van der Waals surface area contributed by atoms with Gasteiger partial charge in [-0.15, -0.1) is 11.3 Å². The summed E-state index contributed by atoms with van der Waals surface area (Å²) in [6.07, 6.45) is 4.86. The lowest BCUT2D eigenvalue weighted by Gasteiger charge is -2.29. The number of hydrogen-bond donors (Lipinski definition) is 0. The third kappa shape index (κ3) is 2.88. The second-order valence-corrected chi connectivity index (χ2v) is 8.39. The van der Waals surface area contributed by atoms with Gasteiger partial charge in [-0.05, 0) is 43.4 Å². The molecular weight excluding hydrogens is 366 g/mol. The molecule has 0 unspecified atom stereocenters. The van der Waals surface area contributed by atoms with Crippen LogP contribution in [-0.2, 0) is 17.6 Å². The van der Waals surface area contributed by atoms with Crippen LogP contribution in [0.3, 0.4) is 0 Å². The van der Waals surface area contributed by atoms with Gasteiger partial charge in [-0.2, -0.15) is 0 Å². The van der Waals surface area contributed by atoms with Crippen LogP contribution in [0.2, 0.25) is 5.02 Å². The summed E-state index contributed by atoms with van der Waals surface area (Å²) in [5.74, 6) is 1.84. The van der Waals surface area contributed by atoms with Crippen LogP contribution in [0.1, 0.15) is 23.3 Å². The molecule has 1 saturated heterocycles. The van der Waals surface area contributed by atoms with E-state index < -0.39 is 0 Å². The Kier molecular flexibility index (Phi) is 4.31. The minimum atomic E-state index is 0.713. The fraction of sp³-hybridized carbons (Fsp3) is 0.400. The largest absolute Gasteiger partial charge is 0.378 e. The van der Waals surface area contributed by atoms with E-state index in [2.05, 4.69) is 4.90 Å². The lowest BCUT2D eigenvalue weighted by atomic mass is 9.97. The summed E-state index contributed by atoms with van der Waals surface area (Å²) >= 11 is 8.05. The van der Waals surface area contributed by atoms with Gasteiger partial charge in [0.15, 0.2) is 5.82 Å². The van der Waals surface area contributed by atoms with Crippen LogP contribution in [0.4, 0.5) is 5.82 Å². The van der Waals surface area contributed by atoms with E-state index in [1.54, 1.807) is 0 Å². The molecule has 0 saturated carbocycles. The van der Waals surface area contributed by atoms with Gasteiger partial charge in [0.05, 0.1) is 18.6 Å². The second-order valence-electron chi connectivity index (χ2n) is 6.87. The molecule has 2 aromatic heterocycles. The lowest BCUT2D eigenvalue weighted by molar-refractivity contribution is 0.122. The van der Waals surface area contributed by atoms with Crippen molar-refractivity contribution in [3.05, 3.63) is 39.7 Å². The number of rotatable bonds is 2. The van der Waals surface area contributed by atoms with Crippen molar-refractivity contribution in [2.45, 2.75) is 25.7 Å². The van der Waals surface area contributed by atoms with Gasteiger partial charge in [0.2, 0.25) is 0 Å². The molecule has 0 amide bonds. The Labute approximate surface area is 161 Å². The molecule has 1 aromatic carbocycles. The smallest absolute Gasteiger partial charge is 0.163 e. The Hall–Kier alpha value is -1.69. The Morgan fingerprint density at radius 2 is 1.92 bits per heavy atom. The number of halogens is 1. The lowest BCUT2D eigenvalue weighted by Crippen LogP contribution is -2.37. The van der Waals surface area contributed by atoms with Gasteiger partial charge in [-0.1, -0.05) is 23.7 Å². The summed E-state index contributed by atoms with van der Waals surface area (Å²) in [5.41, 5.74) is 2.45. The molecule has 5 rings (SSSR count). The molecule has 1 aliphatic carbocycles. The number of hydrogen-bond acceptors (Lipinski definition) is 5. The second kappa shape index (κ2) is 6.80. The quantitative estimate of drug-likeness (QED) is 0.639.